The van der Waals surface area contributed by atoms with Gasteiger partial charge in [-0.3, -0.25) is 10.1 Å². The summed E-state index contributed by atoms with van der Waals surface area (Å²) in [5, 5.41) is 16.2. The number of amides is 2. The molecular weight excluding hydrogens is 530 g/mol. The number of aliphatic carboxylic acids is 1. The number of carbonyl (C=O) groups is 3. The number of aromatic nitrogens is 1. The van der Waals surface area contributed by atoms with Gasteiger partial charge in [0.15, 0.2) is 11.2 Å². The first-order valence-corrected chi connectivity index (χ1v) is 13.6. The van der Waals surface area contributed by atoms with Crippen molar-refractivity contribution in [1.82, 2.24) is 10.3 Å². The van der Waals surface area contributed by atoms with Crippen molar-refractivity contribution in [2.45, 2.75) is 31.6 Å². The van der Waals surface area contributed by atoms with E-state index in [1.54, 1.807) is 6.92 Å². The zero-order valence-corrected chi connectivity index (χ0v) is 22.4. The van der Waals surface area contributed by atoms with Crippen LogP contribution in [0.5, 0.6) is 0 Å². The number of rotatable bonds is 10. The van der Waals surface area contributed by atoms with Crippen LogP contribution in [0, 0.1) is 0 Å². The van der Waals surface area contributed by atoms with E-state index < -0.39 is 30.1 Å². The van der Waals surface area contributed by atoms with E-state index in [1.165, 1.54) is 5.38 Å². The van der Waals surface area contributed by atoms with Crippen molar-refractivity contribution in [1.29, 1.82) is 0 Å². The predicted molar refractivity (Wildman–Crippen MR) is 150 cm³/mol. The van der Waals surface area contributed by atoms with Crippen molar-refractivity contribution < 1.29 is 29.0 Å². The van der Waals surface area contributed by atoms with Crippen LogP contribution in [0.15, 0.2) is 84.2 Å². The molecule has 0 fully saturated rings. The van der Waals surface area contributed by atoms with E-state index in [2.05, 4.69) is 27.8 Å². The van der Waals surface area contributed by atoms with E-state index in [9.17, 15) is 19.5 Å². The second-order valence-electron chi connectivity index (χ2n) is 9.28. The van der Waals surface area contributed by atoms with Crippen LogP contribution in [0.4, 0.5) is 9.93 Å². The summed E-state index contributed by atoms with van der Waals surface area (Å²) in [7, 11) is 0. The van der Waals surface area contributed by atoms with Crippen molar-refractivity contribution in [3.05, 3.63) is 107 Å². The second-order valence-corrected chi connectivity index (χ2v) is 10.1. The zero-order valence-electron chi connectivity index (χ0n) is 21.6. The highest BCUT2D eigenvalue weighted by molar-refractivity contribution is 7.14. The standard InChI is InChI=1S/C30H27N3O6S/c1-18(38-15-19-9-3-2-4-10-19)26(28(35)36)32-27(34)25-17-40-29(31-25)33-30(37)39-16-24-22-13-7-5-11-20(22)21-12-6-8-14-23(21)24/h2-14,17-18,24,26H,15-16H2,1H3,(H,32,34)(H,35,36)(H,31,33,37)/t18-,26+/m1/s1. The maximum Gasteiger partial charge on any atom is 0.413 e. The summed E-state index contributed by atoms with van der Waals surface area (Å²) in [6.07, 6.45) is -1.51. The minimum absolute atomic E-state index is 0.0274. The maximum atomic E-state index is 12.7. The fourth-order valence-corrected chi connectivity index (χ4v) is 5.33. The van der Waals surface area contributed by atoms with Gasteiger partial charge in [-0.15, -0.1) is 11.3 Å². The summed E-state index contributed by atoms with van der Waals surface area (Å²) in [6, 6.07) is 24.1. The quantitative estimate of drug-likeness (QED) is 0.242. The first-order chi connectivity index (χ1) is 19.4. The van der Waals surface area contributed by atoms with Crippen molar-refractivity contribution in [2.24, 2.45) is 0 Å². The first-order valence-electron chi connectivity index (χ1n) is 12.7. The molecule has 1 aromatic heterocycles. The summed E-state index contributed by atoms with van der Waals surface area (Å²) < 4.78 is 11.2. The number of nitrogens with one attached hydrogen (secondary N) is 2. The summed E-state index contributed by atoms with van der Waals surface area (Å²) in [5.41, 5.74) is 5.30. The second kappa shape index (κ2) is 12.1. The minimum atomic E-state index is -1.29. The monoisotopic (exact) mass is 557 g/mol. The maximum absolute atomic E-state index is 12.7. The summed E-state index contributed by atoms with van der Waals surface area (Å²) >= 11 is 1.03. The minimum Gasteiger partial charge on any atom is -0.480 e. The van der Waals surface area contributed by atoms with Crippen LogP contribution in [0.1, 0.15) is 40.0 Å². The van der Waals surface area contributed by atoms with Crippen LogP contribution >= 0.6 is 11.3 Å². The highest BCUT2D eigenvalue weighted by Crippen LogP contribution is 2.44. The molecule has 40 heavy (non-hydrogen) atoms. The van der Waals surface area contributed by atoms with E-state index in [0.717, 1.165) is 39.2 Å². The number of fused-ring (bicyclic) bond motifs is 3. The SMILES string of the molecule is C[C@@H](OCc1ccccc1)[C@H](NC(=O)c1csc(NC(=O)OCC2c3ccccc3-c3ccccc32)n1)C(=O)O. The van der Waals surface area contributed by atoms with Crippen LogP contribution < -0.4 is 10.6 Å². The van der Waals surface area contributed by atoms with Crippen LogP contribution in [0.2, 0.25) is 0 Å². The Hall–Kier alpha value is -4.54. The topological polar surface area (TPSA) is 127 Å². The average molecular weight is 558 g/mol. The molecule has 3 aromatic carbocycles. The molecule has 2 atom stereocenters. The Kier molecular flexibility index (Phi) is 8.18. The van der Waals surface area contributed by atoms with Crippen LogP contribution in [-0.4, -0.2) is 46.8 Å². The average Bonchev–Trinajstić information content (AvgIpc) is 3.56. The van der Waals surface area contributed by atoms with Gasteiger partial charge in [-0.2, -0.15) is 0 Å². The van der Waals surface area contributed by atoms with Gasteiger partial charge in [-0.05, 0) is 34.7 Å². The van der Waals surface area contributed by atoms with Gasteiger partial charge >= 0.3 is 12.1 Å². The Balaban J connectivity index is 1.16. The molecule has 0 aliphatic heterocycles. The number of carboxylic acid groups (broad SMARTS) is 1. The number of thiazole rings is 1. The Labute approximate surface area is 234 Å². The fraction of sp³-hybridized carbons (Fsp3) is 0.200. The van der Waals surface area contributed by atoms with Gasteiger partial charge in [0.2, 0.25) is 0 Å². The van der Waals surface area contributed by atoms with Crippen molar-refractivity contribution >= 4 is 34.4 Å². The van der Waals surface area contributed by atoms with Gasteiger partial charge < -0.3 is 19.9 Å². The number of anilines is 1. The molecule has 1 aliphatic rings. The molecule has 1 aliphatic carbocycles. The molecular formula is C30H27N3O6S. The number of ether oxygens (including phenoxy) is 2. The third-order valence-corrected chi connectivity index (χ3v) is 7.42. The molecule has 3 N–H and O–H groups in total. The smallest absolute Gasteiger partial charge is 0.413 e. The fourth-order valence-electron chi connectivity index (χ4n) is 4.65. The van der Waals surface area contributed by atoms with E-state index in [4.69, 9.17) is 9.47 Å². The lowest BCUT2D eigenvalue weighted by atomic mass is 9.98. The Morgan fingerprint density at radius 1 is 0.950 bits per heavy atom. The zero-order chi connectivity index (χ0) is 28.1. The highest BCUT2D eigenvalue weighted by Gasteiger charge is 2.30. The third kappa shape index (κ3) is 6.03. The lowest BCUT2D eigenvalue weighted by Crippen LogP contribution is -2.48. The number of carbonyl (C=O) groups excluding carboxylic acids is 2. The van der Waals surface area contributed by atoms with Gasteiger partial charge in [0.1, 0.15) is 12.3 Å². The molecule has 1 heterocycles. The molecule has 0 saturated carbocycles. The summed E-state index contributed by atoms with van der Waals surface area (Å²) in [6.45, 7) is 1.92. The molecule has 0 bridgehead atoms. The Morgan fingerprint density at radius 2 is 1.57 bits per heavy atom. The first kappa shape index (κ1) is 27.0. The Morgan fingerprint density at radius 3 is 2.23 bits per heavy atom. The summed E-state index contributed by atoms with van der Waals surface area (Å²) in [5.74, 6) is -2.02. The van der Waals surface area contributed by atoms with Crippen molar-refractivity contribution in [2.75, 3.05) is 11.9 Å². The predicted octanol–water partition coefficient (Wildman–Crippen LogP) is 5.29. The number of benzene rings is 3. The number of hydrogen-bond acceptors (Lipinski definition) is 7. The van der Waals surface area contributed by atoms with Gasteiger partial charge in [-0.25, -0.2) is 14.6 Å². The molecule has 0 spiro atoms. The normalized spacial score (nSPS) is 13.5. The molecule has 0 unspecified atom stereocenters. The molecule has 0 saturated heterocycles. The summed E-state index contributed by atoms with van der Waals surface area (Å²) in [4.78, 5) is 41.2. The third-order valence-electron chi connectivity index (χ3n) is 6.67. The van der Waals surface area contributed by atoms with Gasteiger partial charge in [0.25, 0.3) is 5.91 Å². The number of nitrogens with zero attached hydrogens (tertiary/aromatic N) is 1. The lowest BCUT2D eigenvalue weighted by Gasteiger charge is -2.21. The molecule has 4 aromatic rings. The van der Waals surface area contributed by atoms with Crippen molar-refractivity contribution in [3.63, 3.8) is 0 Å². The highest BCUT2D eigenvalue weighted by atomic mass is 32.1. The van der Waals surface area contributed by atoms with E-state index in [0.29, 0.717) is 0 Å². The van der Waals surface area contributed by atoms with Gasteiger partial charge in [-0.1, -0.05) is 78.9 Å². The number of hydrogen-bond donors (Lipinski definition) is 3. The lowest BCUT2D eigenvalue weighted by molar-refractivity contribution is -0.143. The molecule has 0 radical (unpaired) electrons. The Bertz CT molecular complexity index is 1480. The molecule has 9 nitrogen and oxygen atoms in total. The molecule has 5 rings (SSSR count). The molecule has 2 amide bonds. The van der Waals surface area contributed by atoms with Crippen molar-refractivity contribution in [3.8, 4) is 11.1 Å². The van der Waals surface area contributed by atoms with Crippen LogP contribution in [0.25, 0.3) is 11.1 Å². The van der Waals surface area contributed by atoms with Gasteiger partial charge in [0.05, 0.1) is 12.7 Å². The molecule has 204 valence electrons. The largest absolute Gasteiger partial charge is 0.480 e. The van der Waals surface area contributed by atoms with E-state index in [1.807, 2.05) is 66.7 Å². The number of carboxylic acids is 1. The van der Waals surface area contributed by atoms with E-state index >= 15 is 0 Å². The van der Waals surface area contributed by atoms with Gasteiger partial charge in [0, 0.05) is 11.3 Å². The van der Waals surface area contributed by atoms with E-state index in [-0.39, 0.29) is 30.0 Å². The van der Waals surface area contributed by atoms with Crippen LogP contribution in [0.3, 0.4) is 0 Å². The van der Waals surface area contributed by atoms with Crippen LogP contribution in [-0.2, 0) is 20.9 Å². The molecule has 10 heteroatoms.